The van der Waals surface area contributed by atoms with Gasteiger partial charge in [-0.3, -0.25) is 4.90 Å². The van der Waals surface area contributed by atoms with Crippen LogP contribution in [-0.4, -0.2) is 39.4 Å². The van der Waals surface area contributed by atoms with Crippen LogP contribution >= 0.6 is 0 Å². The number of amides is 1. The molecule has 0 aliphatic heterocycles. The summed E-state index contributed by atoms with van der Waals surface area (Å²) in [5.41, 5.74) is -1.69. The molecule has 0 unspecified atom stereocenters. The summed E-state index contributed by atoms with van der Waals surface area (Å²) in [5.74, 6) is 0. The standard InChI is InChI=1S/C15H20F3NO3/c1-14(2,3)19(13(21)22)11(9-20)8-10-6-4-5-7-12(10)15(16,17)18/h4-7,11,20H,8-9H2,1-3H3,(H,21,22)/t11-/m0/s1. The summed E-state index contributed by atoms with van der Waals surface area (Å²) in [6.07, 6.45) is -6.02. The van der Waals surface area contributed by atoms with Crippen LogP contribution in [0.4, 0.5) is 18.0 Å². The second-order valence-corrected chi connectivity index (χ2v) is 6.02. The second-order valence-electron chi connectivity index (χ2n) is 6.02. The van der Waals surface area contributed by atoms with Gasteiger partial charge in [-0.2, -0.15) is 13.2 Å². The van der Waals surface area contributed by atoms with Gasteiger partial charge >= 0.3 is 12.3 Å². The summed E-state index contributed by atoms with van der Waals surface area (Å²) >= 11 is 0. The van der Waals surface area contributed by atoms with Gasteiger partial charge in [-0.15, -0.1) is 0 Å². The van der Waals surface area contributed by atoms with E-state index in [-0.39, 0.29) is 12.0 Å². The molecule has 0 saturated heterocycles. The van der Waals surface area contributed by atoms with Gasteiger partial charge < -0.3 is 10.2 Å². The molecular formula is C15H20F3NO3. The van der Waals surface area contributed by atoms with E-state index in [0.717, 1.165) is 11.0 Å². The summed E-state index contributed by atoms with van der Waals surface area (Å²) in [4.78, 5) is 12.4. The van der Waals surface area contributed by atoms with Crippen LogP contribution in [0.15, 0.2) is 24.3 Å². The molecule has 0 fully saturated rings. The van der Waals surface area contributed by atoms with E-state index in [9.17, 15) is 28.2 Å². The molecule has 22 heavy (non-hydrogen) atoms. The molecule has 1 atom stereocenters. The highest BCUT2D eigenvalue weighted by Crippen LogP contribution is 2.33. The minimum Gasteiger partial charge on any atom is -0.465 e. The number of carbonyl (C=O) groups is 1. The van der Waals surface area contributed by atoms with Gasteiger partial charge in [0.25, 0.3) is 0 Å². The average Bonchev–Trinajstić information content (AvgIpc) is 2.35. The van der Waals surface area contributed by atoms with Gasteiger partial charge in [0.15, 0.2) is 0 Å². The van der Waals surface area contributed by atoms with Crippen LogP contribution < -0.4 is 0 Å². The number of nitrogens with zero attached hydrogens (tertiary/aromatic N) is 1. The fourth-order valence-electron chi connectivity index (χ4n) is 2.46. The molecule has 2 N–H and O–H groups in total. The maximum Gasteiger partial charge on any atom is 0.416 e. The molecule has 0 aliphatic carbocycles. The van der Waals surface area contributed by atoms with Gasteiger partial charge in [0.05, 0.1) is 18.2 Å². The van der Waals surface area contributed by atoms with Crippen molar-refractivity contribution in [1.29, 1.82) is 0 Å². The molecule has 1 aromatic carbocycles. The number of hydrogen-bond donors (Lipinski definition) is 2. The summed E-state index contributed by atoms with van der Waals surface area (Å²) in [5, 5.41) is 18.8. The molecule has 0 bridgehead atoms. The number of aliphatic hydroxyl groups is 1. The SMILES string of the molecule is CC(C)(C)N(C(=O)O)[C@H](CO)Cc1ccccc1C(F)(F)F. The molecule has 1 amide bonds. The van der Waals surface area contributed by atoms with Crippen molar-refractivity contribution in [2.75, 3.05) is 6.61 Å². The average molecular weight is 319 g/mol. The zero-order valence-corrected chi connectivity index (χ0v) is 12.7. The molecule has 1 rings (SSSR count). The Balaban J connectivity index is 3.18. The topological polar surface area (TPSA) is 60.8 Å². The van der Waals surface area contributed by atoms with Crippen molar-refractivity contribution in [3.8, 4) is 0 Å². The highest BCUT2D eigenvalue weighted by Gasteiger charge is 2.37. The summed E-state index contributed by atoms with van der Waals surface area (Å²) in [7, 11) is 0. The van der Waals surface area contributed by atoms with Crippen molar-refractivity contribution in [3.63, 3.8) is 0 Å². The first-order valence-corrected chi connectivity index (χ1v) is 6.76. The van der Waals surface area contributed by atoms with E-state index in [1.165, 1.54) is 18.2 Å². The number of halogens is 3. The number of hydrogen-bond acceptors (Lipinski definition) is 2. The lowest BCUT2D eigenvalue weighted by Crippen LogP contribution is -2.53. The molecule has 7 heteroatoms. The minimum absolute atomic E-state index is 0.0375. The van der Waals surface area contributed by atoms with Crippen LogP contribution in [0, 0.1) is 0 Å². The molecule has 124 valence electrons. The smallest absolute Gasteiger partial charge is 0.416 e. The predicted octanol–water partition coefficient (Wildman–Crippen LogP) is 3.39. The molecular weight excluding hydrogens is 299 g/mol. The number of alkyl halides is 3. The van der Waals surface area contributed by atoms with Crippen LogP contribution in [0.3, 0.4) is 0 Å². The third-order valence-electron chi connectivity index (χ3n) is 3.28. The van der Waals surface area contributed by atoms with Crippen LogP contribution in [0.2, 0.25) is 0 Å². The van der Waals surface area contributed by atoms with Crippen LogP contribution in [0.1, 0.15) is 31.9 Å². The van der Waals surface area contributed by atoms with E-state index in [4.69, 9.17) is 0 Å². The van der Waals surface area contributed by atoms with E-state index < -0.39 is 36.0 Å². The summed E-state index contributed by atoms with van der Waals surface area (Å²) in [6, 6.07) is 4.03. The fraction of sp³-hybridized carbons (Fsp3) is 0.533. The van der Waals surface area contributed by atoms with E-state index >= 15 is 0 Å². The molecule has 0 spiro atoms. The molecule has 0 heterocycles. The molecule has 0 saturated carbocycles. The quantitative estimate of drug-likeness (QED) is 0.894. The minimum atomic E-state index is -4.52. The number of benzene rings is 1. The largest absolute Gasteiger partial charge is 0.465 e. The third kappa shape index (κ3) is 4.37. The predicted molar refractivity (Wildman–Crippen MR) is 75.6 cm³/mol. The van der Waals surface area contributed by atoms with Crippen molar-refractivity contribution in [1.82, 2.24) is 4.90 Å². The first kappa shape index (κ1) is 18.3. The molecule has 4 nitrogen and oxygen atoms in total. The Morgan fingerprint density at radius 2 is 1.77 bits per heavy atom. The maximum absolute atomic E-state index is 13.0. The lowest BCUT2D eigenvalue weighted by atomic mass is 9.96. The highest BCUT2D eigenvalue weighted by atomic mass is 19.4. The second kappa shape index (κ2) is 6.56. The molecule has 0 aliphatic rings. The van der Waals surface area contributed by atoms with E-state index in [0.29, 0.717) is 0 Å². The van der Waals surface area contributed by atoms with Gasteiger partial charge in [-0.25, -0.2) is 4.79 Å². The summed E-state index contributed by atoms with van der Waals surface area (Å²) in [6.45, 7) is 4.31. The third-order valence-corrected chi connectivity index (χ3v) is 3.28. The van der Waals surface area contributed by atoms with Crippen molar-refractivity contribution in [2.24, 2.45) is 0 Å². The molecule has 0 aromatic heterocycles. The lowest BCUT2D eigenvalue weighted by molar-refractivity contribution is -0.138. The van der Waals surface area contributed by atoms with Gasteiger partial charge in [0.1, 0.15) is 0 Å². The van der Waals surface area contributed by atoms with Crippen LogP contribution in [0.25, 0.3) is 0 Å². The van der Waals surface area contributed by atoms with E-state index in [2.05, 4.69) is 0 Å². The van der Waals surface area contributed by atoms with Gasteiger partial charge in [0, 0.05) is 5.54 Å². The van der Waals surface area contributed by atoms with E-state index in [1.807, 2.05) is 0 Å². The first-order chi connectivity index (χ1) is 9.98. The fourth-order valence-corrected chi connectivity index (χ4v) is 2.46. The Morgan fingerprint density at radius 3 is 2.18 bits per heavy atom. The monoisotopic (exact) mass is 319 g/mol. The number of aliphatic hydroxyl groups excluding tert-OH is 1. The maximum atomic E-state index is 13.0. The van der Waals surface area contributed by atoms with Crippen molar-refractivity contribution < 1.29 is 28.2 Å². The Morgan fingerprint density at radius 1 is 1.23 bits per heavy atom. The van der Waals surface area contributed by atoms with Gasteiger partial charge in [0.2, 0.25) is 0 Å². The summed E-state index contributed by atoms with van der Waals surface area (Å²) < 4.78 is 39.0. The van der Waals surface area contributed by atoms with Crippen molar-refractivity contribution in [2.45, 2.75) is 44.9 Å². The Hall–Kier alpha value is -1.76. The Bertz CT molecular complexity index is 523. The normalized spacial score (nSPS) is 13.8. The molecule has 1 aromatic rings. The number of rotatable bonds is 4. The Kier molecular flexibility index (Phi) is 5.45. The van der Waals surface area contributed by atoms with Gasteiger partial charge in [-0.05, 0) is 38.8 Å². The van der Waals surface area contributed by atoms with Gasteiger partial charge in [-0.1, -0.05) is 18.2 Å². The van der Waals surface area contributed by atoms with Crippen molar-refractivity contribution >= 4 is 6.09 Å². The lowest BCUT2D eigenvalue weighted by Gasteiger charge is -2.39. The number of carboxylic acid groups (broad SMARTS) is 1. The van der Waals surface area contributed by atoms with E-state index in [1.54, 1.807) is 20.8 Å². The van der Waals surface area contributed by atoms with Crippen LogP contribution in [-0.2, 0) is 12.6 Å². The molecule has 0 radical (unpaired) electrons. The van der Waals surface area contributed by atoms with Crippen LogP contribution in [0.5, 0.6) is 0 Å². The zero-order valence-electron chi connectivity index (χ0n) is 12.7. The highest BCUT2D eigenvalue weighted by molar-refractivity contribution is 5.66. The zero-order chi connectivity index (χ0) is 17.1. The Labute approximate surface area is 127 Å². The first-order valence-electron chi connectivity index (χ1n) is 6.76. The van der Waals surface area contributed by atoms with Crippen molar-refractivity contribution in [3.05, 3.63) is 35.4 Å².